The molecule has 0 radical (unpaired) electrons. The van der Waals surface area contributed by atoms with E-state index < -0.39 is 0 Å². The van der Waals surface area contributed by atoms with Crippen LogP contribution >= 0.6 is 0 Å². The third kappa shape index (κ3) is 2.53. The normalized spacial score (nSPS) is 51.9. The average Bonchev–Trinajstić information content (AvgIpc) is 2.83. The standard InChI is InChI=1S/C23H40/c1-15(2)20-8-9-21-19-7-6-16-14-22(3,4)12-10-17(16)18(19)11-13-23(20,21)5/h15-21H,6-14H2,1-5H3. The molecule has 0 nitrogen and oxygen atoms in total. The highest BCUT2D eigenvalue weighted by Gasteiger charge is 2.57. The van der Waals surface area contributed by atoms with E-state index in [4.69, 9.17) is 0 Å². The first-order valence-corrected chi connectivity index (χ1v) is 10.8. The molecule has 0 heterocycles. The number of hydrogen-bond donors (Lipinski definition) is 0. The van der Waals surface area contributed by atoms with Gasteiger partial charge in [-0.25, -0.2) is 0 Å². The molecule has 0 aromatic heterocycles. The fourth-order valence-electron chi connectivity index (χ4n) is 8.44. The van der Waals surface area contributed by atoms with E-state index >= 15 is 0 Å². The van der Waals surface area contributed by atoms with Gasteiger partial charge in [0.15, 0.2) is 0 Å². The highest BCUT2D eigenvalue weighted by atomic mass is 14.6. The van der Waals surface area contributed by atoms with Crippen LogP contribution in [-0.4, -0.2) is 0 Å². The summed E-state index contributed by atoms with van der Waals surface area (Å²) in [5.74, 6) is 7.36. The highest BCUT2D eigenvalue weighted by molar-refractivity contribution is 5.06. The Hall–Kier alpha value is 0. The van der Waals surface area contributed by atoms with Crippen LogP contribution in [-0.2, 0) is 0 Å². The molecule has 4 rings (SSSR count). The Morgan fingerprint density at radius 3 is 2.22 bits per heavy atom. The van der Waals surface area contributed by atoms with E-state index in [9.17, 15) is 0 Å². The van der Waals surface area contributed by atoms with Gasteiger partial charge in [0.1, 0.15) is 0 Å². The van der Waals surface area contributed by atoms with Gasteiger partial charge in [0.05, 0.1) is 0 Å². The van der Waals surface area contributed by atoms with Gasteiger partial charge in [-0.3, -0.25) is 0 Å². The van der Waals surface area contributed by atoms with Gasteiger partial charge in [0.2, 0.25) is 0 Å². The molecule has 7 unspecified atom stereocenters. The van der Waals surface area contributed by atoms with E-state index in [2.05, 4.69) is 34.6 Å². The molecule has 132 valence electrons. The largest absolute Gasteiger partial charge is 0.0625 e. The first-order chi connectivity index (χ1) is 10.8. The molecule has 0 N–H and O–H groups in total. The average molecular weight is 317 g/mol. The SMILES string of the molecule is CC(C)C1CCC2C3CCC4CC(C)(C)CCC4C3CCC12C. The van der Waals surface area contributed by atoms with Crippen molar-refractivity contribution in [1.29, 1.82) is 0 Å². The topological polar surface area (TPSA) is 0 Å². The van der Waals surface area contributed by atoms with Crippen molar-refractivity contribution in [2.24, 2.45) is 52.3 Å². The first-order valence-electron chi connectivity index (χ1n) is 10.8. The van der Waals surface area contributed by atoms with E-state index in [-0.39, 0.29) is 0 Å². The molecule has 0 amide bonds. The molecular weight excluding hydrogens is 276 g/mol. The smallest absolute Gasteiger partial charge is 0.0264 e. The molecule has 7 atom stereocenters. The van der Waals surface area contributed by atoms with E-state index in [1.165, 1.54) is 19.3 Å². The third-order valence-electron chi connectivity index (χ3n) is 9.37. The van der Waals surface area contributed by atoms with Crippen LogP contribution in [0.2, 0.25) is 0 Å². The van der Waals surface area contributed by atoms with Gasteiger partial charge in [0.25, 0.3) is 0 Å². The third-order valence-corrected chi connectivity index (χ3v) is 9.37. The van der Waals surface area contributed by atoms with Crippen molar-refractivity contribution < 1.29 is 0 Å². The Bertz CT molecular complexity index is 447. The zero-order valence-electron chi connectivity index (χ0n) is 16.4. The molecule has 0 heteroatoms. The Balaban J connectivity index is 1.54. The summed E-state index contributed by atoms with van der Waals surface area (Å²) in [5, 5.41) is 0. The van der Waals surface area contributed by atoms with Gasteiger partial charge in [0, 0.05) is 0 Å². The van der Waals surface area contributed by atoms with Crippen molar-refractivity contribution in [1.82, 2.24) is 0 Å². The van der Waals surface area contributed by atoms with Gasteiger partial charge in [-0.15, -0.1) is 0 Å². The monoisotopic (exact) mass is 316 g/mol. The summed E-state index contributed by atoms with van der Waals surface area (Å²) in [6.07, 6.45) is 13.9. The van der Waals surface area contributed by atoms with E-state index in [0.29, 0.717) is 10.8 Å². The van der Waals surface area contributed by atoms with Crippen LogP contribution in [0.3, 0.4) is 0 Å². The summed E-state index contributed by atoms with van der Waals surface area (Å²) in [4.78, 5) is 0. The number of hydrogen-bond acceptors (Lipinski definition) is 0. The molecule has 0 spiro atoms. The number of fused-ring (bicyclic) bond motifs is 5. The summed E-state index contributed by atoms with van der Waals surface area (Å²) >= 11 is 0. The summed E-state index contributed by atoms with van der Waals surface area (Å²) in [7, 11) is 0. The fraction of sp³-hybridized carbons (Fsp3) is 1.00. The molecule has 0 aromatic carbocycles. The van der Waals surface area contributed by atoms with E-state index in [1.807, 2.05) is 0 Å². The molecule has 4 fully saturated rings. The number of rotatable bonds is 1. The lowest BCUT2D eigenvalue weighted by Crippen LogP contribution is -2.49. The minimum absolute atomic E-state index is 0.632. The van der Waals surface area contributed by atoms with Crippen molar-refractivity contribution in [2.45, 2.75) is 92.4 Å². The predicted molar refractivity (Wildman–Crippen MR) is 99.2 cm³/mol. The molecule has 4 aliphatic rings. The van der Waals surface area contributed by atoms with E-state index in [1.54, 1.807) is 38.5 Å². The summed E-state index contributed by atoms with van der Waals surface area (Å²) in [5.41, 5.74) is 1.32. The molecule has 4 saturated carbocycles. The second-order valence-corrected chi connectivity index (χ2v) is 11.3. The maximum Gasteiger partial charge on any atom is -0.0264 e. The van der Waals surface area contributed by atoms with Gasteiger partial charge >= 0.3 is 0 Å². The van der Waals surface area contributed by atoms with Crippen molar-refractivity contribution >= 4 is 0 Å². The van der Waals surface area contributed by atoms with Crippen molar-refractivity contribution in [2.75, 3.05) is 0 Å². The van der Waals surface area contributed by atoms with Crippen molar-refractivity contribution in [3.8, 4) is 0 Å². The molecule has 23 heavy (non-hydrogen) atoms. The second kappa shape index (κ2) is 5.50. The second-order valence-electron chi connectivity index (χ2n) is 11.3. The predicted octanol–water partition coefficient (Wildman–Crippen LogP) is 6.94. The van der Waals surface area contributed by atoms with Crippen LogP contribution in [0, 0.1) is 52.3 Å². The molecule has 0 aromatic rings. The van der Waals surface area contributed by atoms with Gasteiger partial charge < -0.3 is 0 Å². The highest BCUT2D eigenvalue weighted by Crippen LogP contribution is 2.65. The molecule has 4 aliphatic carbocycles. The van der Waals surface area contributed by atoms with Crippen LogP contribution in [0.1, 0.15) is 92.4 Å². The minimum atomic E-state index is 0.632. The molecule has 0 saturated heterocycles. The maximum absolute atomic E-state index is 2.70. The van der Waals surface area contributed by atoms with Crippen molar-refractivity contribution in [3.05, 3.63) is 0 Å². The van der Waals surface area contributed by atoms with Crippen LogP contribution in [0.4, 0.5) is 0 Å². The zero-order valence-corrected chi connectivity index (χ0v) is 16.4. The Kier molecular flexibility index (Phi) is 3.94. The summed E-state index contributed by atoms with van der Waals surface area (Å²) in [6, 6.07) is 0. The Morgan fingerprint density at radius 2 is 1.48 bits per heavy atom. The lowest BCUT2D eigenvalue weighted by atomic mass is 9.48. The van der Waals surface area contributed by atoms with Crippen LogP contribution in [0.5, 0.6) is 0 Å². The van der Waals surface area contributed by atoms with Crippen LogP contribution < -0.4 is 0 Å². The molecule has 0 bridgehead atoms. The quantitative estimate of drug-likeness (QED) is 0.491. The minimum Gasteiger partial charge on any atom is -0.0625 e. The van der Waals surface area contributed by atoms with Crippen LogP contribution in [0.15, 0.2) is 0 Å². The van der Waals surface area contributed by atoms with Gasteiger partial charge in [-0.2, -0.15) is 0 Å². The molecular formula is C23H40. The fourth-order valence-corrected chi connectivity index (χ4v) is 8.44. The summed E-state index contributed by atoms with van der Waals surface area (Å²) < 4.78 is 0. The van der Waals surface area contributed by atoms with Gasteiger partial charge in [-0.1, -0.05) is 34.6 Å². The summed E-state index contributed by atoms with van der Waals surface area (Å²) in [6.45, 7) is 12.7. The Morgan fingerprint density at radius 1 is 0.739 bits per heavy atom. The van der Waals surface area contributed by atoms with Gasteiger partial charge in [-0.05, 0) is 110 Å². The first kappa shape index (κ1) is 16.5. The lowest BCUT2D eigenvalue weighted by Gasteiger charge is -2.57. The Labute approximate surface area is 145 Å². The van der Waals surface area contributed by atoms with E-state index in [0.717, 1.165) is 41.4 Å². The molecule has 0 aliphatic heterocycles. The van der Waals surface area contributed by atoms with Crippen molar-refractivity contribution in [3.63, 3.8) is 0 Å². The lowest BCUT2D eigenvalue weighted by molar-refractivity contribution is -0.0800. The zero-order chi connectivity index (χ0) is 16.4. The van der Waals surface area contributed by atoms with Crippen LogP contribution in [0.25, 0.3) is 0 Å². The maximum atomic E-state index is 2.70.